The molecule has 0 bridgehead atoms. The van der Waals surface area contributed by atoms with Crippen LogP contribution in [0.25, 0.3) is 0 Å². The van der Waals surface area contributed by atoms with Gasteiger partial charge in [0.1, 0.15) is 0 Å². The van der Waals surface area contributed by atoms with Crippen LogP contribution < -0.4 is 0 Å². The zero-order valence-corrected chi connectivity index (χ0v) is 10.7. The van der Waals surface area contributed by atoms with Gasteiger partial charge in [0.25, 0.3) is 0 Å². The lowest BCUT2D eigenvalue weighted by atomic mass is 10.2. The second kappa shape index (κ2) is 6.43. The zero-order chi connectivity index (χ0) is 11.8. The van der Waals surface area contributed by atoms with Crippen molar-refractivity contribution in [2.45, 2.75) is 26.2 Å². The largest absolute Gasteiger partial charge is 0.381 e. The first kappa shape index (κ1) is 14.8. The van der Waals surface area contributed by atoms with Gasteiger partial charge in [0.15, 0.2) is 0 Å². The van der Waals surface area contributed by atoms with E-state index in [4.69, 9.17) is 8.92 Å². The fourth-order valence-electron chi connectivity index (χ4n) is 0.991. The predicted octanol–water partition coefficient (Wildman–Crippen LogP) is 3.14. The molecule has 1 aliphatic rings. The van der Waals surface area contributed by atoms with Gasteiger partial charge in [-0.15, -0.1) is 0 Å². The molecule has 0 saturated carbocycles. The van der Waals surface area contributed by atoms with Crippen LogP contribution in [0.2, 0.25) is 0 Å². The fraction of sp³-hybridized carbons (Fsp3) is 0.727. The minimum atomic E-state index is -2.88. The van der Waals surface area contributed by atoms with Crippen LogP contribution in [-0.2, 0) is 8.92 Å². The molecule has 1 aliphatic heterocycles. The number of hydrogen-bond acceptors (Lipinski definition) is 3. The van der Waals surface area contributed by atoms with Gasteiger partial charge in [0.2, 0.25) is 0 Å². The van der Waals surface area contributed by atoms with Crippen molar-refractivity contribution in [1.29, 1.82) is 0 Å². The van der Waals surface area contributed by atoms with Gasteiger partial charge in [-0.25, -0.2) is 9.31 Å². The molecule has 0 aromatic heterocycles. The second-order valence-electron chi connectivity index (χ2n) is 3.60. The van der Waals surface area contributed by atoms with Crippen molar-refractivity contribution in [3.63, 3.8) is 0 Å². The van der Waals surface area contributed by atoms with Crippen LogP contribution in [0.5, 0.6) is 0 Å². The molecule has 15 heavy (non-hydrogen) atoms. The van der Waals surface area contributed by atoms with Crippen molar-refractivity contribution in [1.82, 2.24) is 0 Å². The van der Waals surface area contributed by atoms with E-state index in [1.807, 2.05) is 6.92 Å². The Bertz CT molecular complexity index is 225. The summed E-state index contributed by atoms with van der Waals surface area (Å²) in [4.78, 5) is 0. The summed E-state index contributed by atoms with van der Waals surface area (Å²) in [5.41, 5.74) is 0. The summed E-state index contributed by atoms with van der Waals surface area (Å²) in [5, 5.41) is 1.40. The lowest BCUT2D eigenvalue weighted by Crippen LogP contribution is -2.07. The third-order valence-electron chi connectivity index (χ3n) is 2.48. The standard InChI is InChI=1S/C6H14O2S.C5H10O/c1-5-9(4,7,6-2)8-3;1-2-4-6-5-3-1/h5,7H,1,4,6H2,2-3H3;1-5H2. The second-order valence-corrected chi connectivity index (χ2v) is 7.46. The Balaban J connectivity index is 0.000000280. The SMILES string of the molecule is C1CCOCC1.C=CS(=C)(O)(CC)OC. The molecule has 4 heteroatoms. The summed E-state index contributed by atoms with van der Waals surface area (Å²) in [5.74, 6) is 4.08. The van der Waals surface area contributed by atoms with Crippen LogP contribution in [0, 0.1) is 0 Å². The molecule has 0 aromatic rings. The molecular formula is C11H24O3S. The highest BCUT2D eigenvalue weighted by molar-refractivity contribution is 8.40. The smallest absolute Gasteiger partial charge is 0.0594 e. The third-order valence-corrected chi connectivity index (χ3v) is 5.28. The summed E-state index contributed by atoms with van der Waals surface area (Å²) < 4.78 is 19.5. The van der Waals surface area contributed by atoms with Crippen molar-refractivity contribution in [3.8, 4) is 0 Å². The molecule has 92 valence electrons. The van der Waals surface area contributed by atoms with E-state index in [0.717, 1.165) is 13.2 Å². The van der Waals surface area contributed by atoms with Crippen LogP contribution in [0.1, 0.15) is 26.2 Å². The lowest BCUT2D eigenvalue weighted by molar-refractivity contribution is 0.0968. The Morgan fingerprint density at radius 3 is 2.00 bits per heavy atom. The highest BCUT2D eigenvalue weighted by atomic mass is 32.3. The number of rotatable bonds is 3. The normalized spacial score (nSPS) is 19.3. The maximum atomic E-state index is 9.56. The molecule has 1 fully saturated rings. The van der Waals surface area contributed by atoms with E-state index >= 15 is 0 Å². The Morgan fingerprint density at radius 1 is 1.40 bits per heavy atom. The molecular weight excluding hydrogens is 212 g/mol. The minimum Gasteiger partial charge on any atom is -0.381 e. The summed E-state index contributed by atoms with van der Waals surface area (Å²) in [7, 11) is -1.44. The van der Waals surface area contributed by atoms with Gasteiger partial charge in [-0.2, -0.15) is 0 Å². The van der Waals surface area contributed by atoms with E-state index in [0.29, 0.717) is 5.75 Å². The topological polar surface area (TPSA) is 38.7 Å². The van der Waals surface area contributed by atoms with Gasteiger partial charge < -0.3 is 9.29 Å². The van der Waals surface area contributed by atoms with Crippen molar-refractivity contribution >= 4 is 15.2 Å². The van der Waals surface area contributed by atoms with Crippen molar-refractivity contribution in [2.24, 2.45) is 0 Å². The van der Waals surface area contributed by atoms with Gasteiger partial charge in [0, 0.05) is 24.4 Å². The number of ether oxygens (including phenoxy) is 1. The first-order chi connectivity index (χ1) is 6.96. The fourth-order valence-corrected chi connectivity index (χ4v) is 1.60. The van der Waals surface area contributed by atoms with Crippen LogP contribution in [-0.4, -0.2) is 36.5 Å². The zero-order valence-electron chi connectivity index (χ0n) is 9.91. The van der Waals surface area contributed by atoms with Gasteiger partial charge in [-0.3, -0.25) is 4.18 Å². The van der Waals surface area contributed by atoms with Crippen molar-refractivity contribution in [2.75, 3.05) is 26.1 Å². The summed E-state index contributed by atoms with van der Waals surface area (Å²) >= 11 is 0. The van der Waals surface area contributed by atoms with E-state index < -0.39 is 9.31 Å². The van der Waals surface area contributed by atoms with E-state index in [9.17, 15) is 4.55 Å². The average Bonchev–Trinajstić information content (AvgIpc) is 2.33. The molecule has 1 heterocycles. The Kier molecular flexibility index (Phi) is 6.36. The molecule has 1 N–H and O–H groups in total. The molecule has 0 aromatic carbocycles. The van der Waals surface area contributed by atoms with E-state index in [1.54, 1.807) is 0 Å². The van der Waals surface area contributed by atoms with Crippen LogP contribution in [0.3, 0.4) is 0 Å². The van der Waals surface area contributed by atoms with Crippen LogP contribution in [0.15, 0.2) is 12.0 Å². The maximum Gasteiger partial charge on any atom is 0.0594 e. The quantitative estimate of drug-likeness (QED) is 0.765. The summed E-state index contributed by atoms with van der Waals surface area (Å²) in [6.07, 6.45) is 3.93. The van der Waals surface area contributed by atoms with Gasteiger partial charge >= 0.3 is 0 Å². The molecule has 1 rings (SSSR count). The highest BCUT2D eigenvalue weighted by Crippen LogP contribution is 2.53. The van der Waals surface area contributed by atoms with Gasteiger partial charge in [0.05, 0.1) is 7.11 Å². The van der Waals surface area contributed by atoms with E-state index in [1.165, 1.54) is 31.8 Å². The first-order valence-electron chi connectivity index (χ1n) is 5.26. The molecule has 0 aliphatic carbocycles. The molecule has 0 unspecified atom stereocenters. The Labute approximate surface area is 93.4 Å². The van der Waals surface area contributed by atoms with Crippen molar-refractivity contribution in [3.05, 3.63) is 12.0 Å². The average molecular weight is 236 g/mol. The van der Waals surface area contributed by atoms with Gasteiger partial charge in [-0.05, 0) is 32.1 Å². The third kappa shape index (κ3) is 6.10. The predicted molar refractivity (Wildman–Crippen MR) is 69.8 cm³/mol. The summed E-state index contributed by atoms with van der Waals surface area (Å²) in [6, 6.07) is 0. The molecule has 0 spiro atoms. The monoisotopic (exact) mass is 236 g/mol. The highest BCUT2D eigenvalue weighted by Gasteiger charge is 2.11. The molecule has 0 radical (unpaired) electrons. The number of hydrogen-bond donors (Lipinski definition) is 1. The Hall–Kier alpha value is -0.160. The van der Waals surface area contributed by atoms with Crippen molar-refractivity contribution < 1.29 is 13.5 Å². The van der Waals surface area contributed by atoms with Crippen LogP contribution >= 0.6 is 9.31 Å². The molecule has 3 nitrogen and oxygen atoms in total. The van der Waals surface area contributed by atoms with E-state index in [-0.39, 0.29) is 0 Å². The van der Waals surface area contributed by atoms with Crippen LogP contribution in [0.4, 0.5) is 0 Å². The maximum absolute atomic E-state index is 9.56. The summed E-state index contributed by atoms with van der Waals surface area (Å²) in [6.45, 7) is 7.28. The first-order valence-corrected chi connectivity index (χ1v) is 7.59. The molecule has 1 saturated heterocycles. The lowest BCUT2D eigenvalue weighted by Gasteiger charge is -2.43. The molecule has 0 amide bonds. The Morgan fingerprint density at radius 2 is 1.93 bits per heavy atom. The van der Waals surface area contributed by atoms with E-state index in [2.05, 4.69) is 12.4 Å². The van der Waals surface area contributed by atoms with Gasteiger partial charge in [-0.1, -0.05) is 6.58 Å². The molecule has 0 atom stereocenters. The minimum absolute atomic E-state index is 0.497.